The van der Waals surface area contributed by atoms with Crippen LogP contribution >= 0.6 is 0 Å². The zero-order valence-electron chi connectivity index (χ0n) is 17.6. The Morgan fingerprint density at radius 3 is 2.31 bits per heavy atom. The highest BCUT2D eigenvalue weighted by molar-refractivity contribution is 6.10. The Kier molecular flexibility index (Phi) is 4.29. The molecule has 1 aliphatic heterocycles. The maximum atomic E-state index is 4.26. The van der Waals surface area contributed by atoms with Crippen LogP contribution in [-0.4, -0.2) is 4.57 Å². The van der Waals surface area contributed by atoms with Gasteiger partial charge < -0.3 is 9.88 Å². The molecule has 0 saturated carbocycles. The Morgan fingerprint density at radius 1 is 0.656 bits per heavy atom. The zero-order valence-corrected chi connectivity index (χ0v) is 17.6. The summed E-state index contributed by atoms with van der Waals surface area (Å²) in [4.78, 5) is 0. The minimum Gasteiger partial charge on any atom is -0.361 e. The van der Waals surface area contributed by atoms with E-state index in [2.05, 4.69) is 114 Å². The maximum Gasteiger partial charge on any atom is 0.0541 e. The highest BCUT2D eigenvalue weighted by atomic mass is 15.0. The second kappa shape index (κ2) is 7.44. The van der Waals surface area contributed by atoms with Crippen molar-refractivity contribution in [3.05, 3.63) is 128 Å². The first kappa shape index (κ1) is 18.5. The van der Waals surface area contributed by atoms with Gasteiger partial charge in [-0.25, -0.2) is 0 Å². The normalized spacial score (nSPS) is 15.1. The fraction of sp³-hybridized carbons (Fsp3) is 0. The lowest BCUT2D eigenvalue weighted by molar-refractivity contribution is 1.18. The molecule has 0 aliphatic carbocycles. The van der Waals surface area contributed by atoms with Crippen LogP contribution in [0.5, 0.6) is 0 Å². The summed E-state index contributed by atoms with van der Waals surface area (Å²) in [5, 5.41) is 5.87. The van der Waals surface area contributed by atoms with Crippen molar-refractivity contribution in [2.24, 2.45) is 0 Å². The fourth-order valence-electron chi connectivity index (χ4n) is 4.58. The number of nitrogens with zero attached hydrogens (tertiary/aromatic N) is 1. The maximum absolute atomic E-state index is 4.26. The molecule has 2 heteroatoms. The lowest BCUT2D eigenvalue weighted by atomic mass is 9.96. The molecule has 2 heterocycles. The number of anilines is 1. The van der Waals surface area contributed by atoms with Gasteiger partial charge in [-0.3, -0.25) is 0 Å². The van der Waals surface area contributed by atoms with Gasteiger partial charge in [0.2, 0.25) is 0 Å². The molecule has 2 nitrogen and oxygen atoms in total. The van der Waals surface area contributed by atoms with Gasteiger partial charge in [-0.1, -0.05) is 67.3 Å². The number of hydrogen-bond acceptors (Lipinski definition) is 1. The van der Waals surface area contributed by atoms with Crippen molar-refractivity contribution in [2.45, 2.75) is 0 Å². The van der Waals surface area contributed by atoms with Crippen LogP contribution in [-0.2, 0) is 0 Å². The van der Waals surface area contributed by atoms with Gasteiger partial charge in [-0.05, 0) is 65.2 Å². The third-order valence-electron chi connectivity index (χ3n) is 6.13. The molecule has 4 aromatic carbocycles. The van der Waals surface area contributed by atoms with E-state index in [9.17, 15) is 0 Å². The third-order valence-corrected chi connectivity index (χ3v) is 6.13. The molecular weight excluding hydrogens is 388 g/mol. The van der Waals surface area contributed by atoms with Crippen LogP contribution < -0.4 is 5.32 Å². The molecule has 32 heavy (non-hydrogen) atoms. The van der Waals surface area contributed by atoms with Crippen LogP contribution in [0.3, 0.4) is 0 Å². The second-order valence-electron chi connectivity index (χ2n) is 8.07. The number of nitrogens with one attached hydrogen (secondary N) is 1. The van der Waals surface area contributed by atoms with Crippen LogP contribution in [0.2, 0.25) is 0 Å². The number of allylic oxidation sites excluding steroid dienone is 4. The molecule has 1 aromatic heterocycles. The average Bonchev–Trinajstić information content (AvgIpc) is 3.17. The first-order valence-electron chi connectivity index (χ1n) is 10.8. The van der Waals surface area contributed by atoms with E-state index in [4.69, 9.17) is 0 Å². The van der Waals surface area contributed by atoms with E-state index < -0.39 is 0 Å². The SMILES string of the molecule is C=C1/C=C\C=C/Nc2ccc(-c3ccc4c(c3)c3ccccc3n4-c3ccccc3)cc21. The van der Waals surface area contributed by atoms with Crippen molar-refractivity contribution in [1.29, 1.82) is 0 Å². The first-order chi connectivity index (χ1) is 15.8. The topological polar surface area (TPSA) is 17.0 Å². The highest BCUT2D eigenvalue weighted by Gasteiger charge is 2.14. The van der Waals surface area contributed by atoms with Crippen LogP contribution in [0.25, 0.3) is 44.2 Å². The van der Waals surface area contributed by atoms with Crippen molar-refractivity contribution in [3.8, 4) is 16.8 Å². The molecule has 0 bridgehead atoms. The van der Waals surface area contributed by atoms with Gasteiger partial charge >= 0.3 is 0 Å². The predicted molar refractivity (Wildman–Crippen MR) is 137 cm³/mol. The van der Waals surface area contributed by atoms with E-state index in [0.717, 1.165) is 16.8 Å². The summed E-state index contributed by atoms with van der Waals surface area (Å²) in [7, 11) is 0. The molecule has 1 aliphatic rings. The number of rotatable bonds is 2. The van der Waals surface area contributed by atoms with E-state index in [-0.39, 0.29) is 0 Å². The molecule has 0 spiro atoms. The van der Waals surface area contributed by atoms with E-state index in [1.807, 2.05) is 18.4 Å². The molecule has 6 rings (SSSR count). The van der Waals surface area contributed by atoms with E-state index in [0.29, 0.717) is 0 Å². The number of hydrogen-bond donors (Lipinski definition) is 1. The number of fused-ring (bicyclic) bond motifs is 4. The van der Waals surface area contributed by atoms with Crippen molar-refractivity contribution in [1.82, 2.24) is 4.57 Å². The average molecular weight is 411 g/mol. The molecule has 0 amide bonds. The Labute approximate surface area is 187 Å². The summed E-state index contributed by atoms with van der Waals surface area (Å²) < 4.78 is 2.35. The number of aromatic nitrogens is 1. The van der Waals surface area contributed by atoms with Gasteiger partial charge in [0.25, 0.3) is 0 Å². The molecule has 0 saturated heterocycles. The van der Waals surface area contributed by atoms with Gasteiger partial charge in [-0.15, -0.1) is 0 Å². The van der Waals surface area contributed by atoms with Gasteiger partial charge in [0, 0.05) is 33.9 Å². The Hall–Kier alpha value is -4.30. The smallest absolute Gasteiger partial charge is 0.0541 e. The monoisotopic (exact) mass is 410 g/mol. The standard InChI is InChI=1S/C30H22N2/c1-21-9-7-8-18-31-28-16-14-22(19-26(21)28)23-15-17-30-27(20-23)25-12-5-6-13-29(25)32(30)24-10-3-2-4-11-24/h2-20,31H,1H2/b9-7-,18-8-. The minimum absolute atomic E-state index is 1.00. The number of para-hydroxylation sites is 2. The molecule has 152 valence electrons. The molecule has 0 unspecified atom stereocenters. The number of benzene rings is 4. The third kappa shape index (κ3) is 2.97. The van der Waals surface area contributed by atoms with Crippen LogP contribution in [0, 0.1) is 0 Å². The van der Waals surface area contributed by atoms with Gasteiger partial charge in [0.05, 0.1) is 11.0 Å². The summed E-state index contributed by atoms with van der Waals surface area (Å²) in [6.07, 6.45) is 8.00. The lowest BCUT2D eigenvalue weighted by Crippen LogP contribution is -1.95. The predicted octanol–water partition coefficient (Wildman–Crippen LogP) is 7.96. The molecule has 1 N–H and O–H groups in total. The van der Waals surface area contributed by atoms with Crippen molar-refractivity contribution in [2.75, 3.05) is 5.32 Å². The summed E-state index contributed by atoms with van der Waals surface area (Å²) in [5.41, 5.74) is 9.19. The summed E-state index contributed by atoms with van der Waals surface area (Å²) in [6, 6.07) is 32.5. The van der Waals surface area contributed by atoms with Crippen LogP contribution in [0.4, 0.5) is 5.69 Å². The summed E-state index contributed by atoms with van der Waals surface area (Å²) >= 11 is 0. The Morgan fingerprint density at radius 2 is 1.41 bits per heavy atom. The fourth-order valence-corrected chi connectivity index (χ4v) is 4.58. The lowest BCUT2D eigenvalue weighted by Gasteiger charge is -2.14. The van der Waals surface area contributed by atoms with E-state index in [1.165, 1.54) is 38.6 Å². The van der Waals surface area contributed by atoms with Gasteiger partial charge in [-0.2, -0.15) is 0 Å². The van der Waals surface area contributed by atoms with Gasteiger partial charge in [0.15, 0.2) is 0 Å². The minimum atomic E-state index is 1.00. The molecular formula is C30H22N2. The molecule has 5 aromatic rings. The first-order valence-corrected chi connectivity index (χ1v) is 10.8. The molecule has 0 atom stereocenters. The van der Waals surface area contributed by atoms with Crippen molar-refractivity contribution < 1.29 is 0 Å². The quantitative estimate of drug-likeness (QED) is 0.312. The van der Waals surface area contributed by atoms with Crippen molar-refractivity contribution in [3.63, 3.8) is 0 Å². The van der Waals surface area contributed by atoms with Crippen LogP contribution in [0.15, 0.2) is 122 Å². The summed E-state index contributed by atoms with van der Waals surface area (Å²) in [5.74, 6) is 0. The molecule has 0 radical (unpaired) electrons. The van der Waals surface area contributed by atoms with Gasteiger partial charge in [0.1, 0.15) is 0 Å². The summed E-state index contributed by atoms with van der Waals surface area (Å²) in [6.45, 7) is 4.26. The highest BCUT2D eigenvalue weighted by Crippen LogP contribution is 2.36. The molecule has 0 fully saturated rings. The Bertz CT molecular complexity index is 1550. The van der Waals surface area contributed by atoms with Crippen LogP contribution in [0.1, 0.15) is 5.56 Å². The van der Waals surface area contributed by atoms with Crippen molar-refractivity contribution >= 4 is 33.1 Å². The largest absolute Gasteiger partial charge is 0.361 e. The second-order valence-corrected chi connectivity index (χ2v) is 8.07. The zero-order chi connectivity index (χ0) is 21.5. The Balaban J connectivity index is 1.56. The van der Waals surface area contributed by atoms with E-state index in [1.54, 1.807) is 0 Å². The van der Waals surface area contributed by atoms with E-state index >= 15 is 0 Å².